The quantitative estimate of drug-likeness (QED) is 0.718. The lowest BCUT2D eigenvalue weighted by Gasteiger charge is -2.00. The summed E-state index contributed by atoms with van der Waals surface area (Å²) in [6.45, 7) is 1.71. The number of aliphatic hydroxyl groups is 1. The summed E-state index contributed by atoms with van der Waals surface area (Å²) in [4.78, 5) is 4.86. The predicted octanol–water partition coefficient (Wildman–Crippen LogP) is 1.05. The molecule has 0 bridgehead atoms. The molecule has 1 aromatic heterocycles. The summed E-state index contributed by atoms with van der Waals surface area (Å²) in [5.41, 5.74) is 2.53. The molecule has 11 heavy (non-hydrogen) atoms. The van der Waals surface area contributed by atoms with Crippen LogP contribution in [0.1, 0.15) is 16.5 Å². The second kappa shape index (κ2) is 3.46. The first kappa shape index (κ1) is 8.18. The van der Waals surface area contributed by atoms with Crippen molar-refractivity contribution in [2.45, 2.75) is 12.8 Å². The van der Waals surface area contributed by atoms with Crippen LogP contribution in [0.4, 0.5) is 0 Å². The van der Waals surface area contributed by atoms with Crippen LogP contribution in [0.5, 0.6) is 0 Å². The lowest BCUT2D eigenvalue weighted by molar-refractivity contribution is 0.287. The van der Waals surface area contributed by atoms with Crippen molar-refractivity contribution in [3.63, 3.8) is 0 Å². The van der Waals surface area contributed by atoms with E-state index in [1.807, 2.05) is 13.0 Å². The van der Waals surface area contributed by atoms with Crippen LogP contribution in [0, 0.1) is 18.3 Å². The second-order valence-corrected chi connectivity index (χ2v) is 3.05. The average molecular weight is 168 g/mol. The van der Waals surface area contributed by atoms with Gasteiger partial charge in [-0.15, -0.1) is 11.3 Å². The molecule has 4 heteroatoms. The van der Waals surface area contributed by atoms with Gasteiger partial charge in [-0.05, 0) is 6.92 Å². The first-order chi connectivity index (χ1) is 5.29. The van der Waals surface area contributed by atoms with E-state index in [4.69, 9.17) is 10.4 Å². The Morgan fingerprint density at radius 2 is 2.64 bits per heavy atom. The fourth-order valence-corrected chi connectivity index (χ4v) is 1.67. The number of nitriles is 1. The molecule has 0 saturated heterocycles. The number of aromatic nitrogens is 1. The summed E-state index contributed by atoms with van der Waals surface area (Å²) >= 11 is 1.41. The van der Waals surface area contributed by atoms with Crippen molar-refractivity contribution in [3.05, 3.63) is 16.1 Å². The number of aryl methyl sites for hydroxylation is 1. The summed E-state index contributed by atoms with van der Waals surface area (Å²) in [5, 5.41) is 17.4. The predicted molar refractivity (Wildman–Crippen MR) is 42.3 cm³/mol. The Labute approximate surface area is 68.9 Å². The van der Waals surface area contributed by atoms with Crippen LogP contribution in [0.15, 0.2) is 5.51 Å². The monoisotopic (exact) mass is 168 g/mol. The van der Waals surface area contributed by atoms with Crippen LogP contribution in [0.25, 0.3) is 0 Å². The fourth-order valence-electron chi connectivity index (χ4n) is 0.828. The third-order valence-electron chi connectivity index (χ3n) is 1.44. The van der Waals surface area contributed by atoms with E-state index >= 15 is 0 Å². The molecular formula is C7H8N2OS. The molecule has 3 nitrogen and oxygen atoms in total. The number of nitrogens with zero attached hydrogens (tertiary/aromatic N) is 2. The molecular weight excluding hydrogens is 160 g/mol. The highest BCUT2D eigenvalue weighted by molar-refractivity contribution is 7.09. The Morgan fingerprint density at radius 1 is 1.91 bits per heavy atom. The smallest absolute Gasteiger partial charge is 0.105 e. The molecule has 1 heterocycles. The largest absolute Gasteiger partial charge is 0.395 e. The van der Waals surface area contributed by atoms with Crippen molar-refractivity contribution in [2.75, 3.05) is 6.61 Å². The molecule has 1 atom stereocenters. The normalized spacial score (nSPS) is 12.5. The van der Waals surface area contributed by atoms with Crippen LogP contribution in [0.3, 0.4) is 0 Å². The van der Waals surface area contributed by atoms with Crippen molar-refractivity contribution in [1.82, 2.24) is 4.98 Å². The van der Waals surface area contributed by atoms with Gasteiger partial charge in [-0.2, -0.15) is 5.26 Å². The van der Waals surface area contributed by atoms with Gasteiger partial charge in [-0.3, -0.25) is 0 Å². The van der Waals surface area contributed by atoms with Crippen LogP contribution < -0.4 is 0 Å². The third kappa shape index (κ3) is 1.56. The minimum absolute atomic E-state index is 0.125. The van der Waals surface area contributed by atoms with Crippen LogP contribution in [0.2, 0.25) is 0 Å². The second-order valence-electron chi connectivity index (χ2n) is 2.17. The van der Waals surface area contributed by atoms with E-state index < -0.39 is 5.92 Å². The topological polar surface area (TPSA) is 56.9 Å². The number of hydrogen-bond donors (Lipinski definition) is 1. The maximum atomic E-state index is 8.78. The Bertz CT molecular complexity index is 276. The lowest BCUT2D eigenvalue weighted by Crippen LogP contribution is -2.00. The van der Waals surface area contributed by atoms with Gasteiger partial charge in [-0.25, -0.2) is 4.98 Å². The van der Waals surface area contributed by atoms with Crippen molar-refractivity contribution in [1.29, 1.82) is 5.26 Å². The van der Waals surface area contributed by atoms with E-state index in [0.29, 0.717) is 0 Å². The van der Waals surface area contributed by atoms with Gasteiger partial charge < -0.3 is 5.11 Å². The molecule has 0 aliphatic heterocycles. The Balaban J connectivity index is 2.92. The van der Waals surface area contributed by atoms with Crippen LogP contribution in [-0.4, -0.2) is 16.7 Å². The number of hydrogen-bond acceptors (Lipinski definition) is 4. The first-order valence-corrected chi connectivity index (χ1v) is 4.08. The zero-order valence-corrected chi connectivity index (χ0v) is 6.93. The van der Waals surface area contributed by atoms with Gasteiger partial charge in [0.1, 0.15) is 5.92 Å². The molecule has 0 saturated carbocycles. The van der Waals surface area contributed by atoms with Crippen molar-refractivity contribution < 1.29 is 5.11 Å². The molecule has 0 amide bonds. The molecule has 1 unspecified atom stereocenters. The minimum atomic E-state index is -0.400. The highest BCUT2D eigenvalue weighted by Gasteiger charge is 2.13. The summed E-state index contributed by atoms with van der Waals surface area (Å²) in [7, 11) is 0. The zero-order chi connectivity index (χ0) is 8.27. The number of rotatable bonds is 2. The molecule has 0 radical (unpaired) electrons. The van der Waals surface area contributed by atoms with Crippen molar-refractivity contribution >= 4 is 11.3 Å². The molecule has 1 N–H and O–H groups in total. The fraction of sp³-hybridized carbons (Fsp3) is 0.429. The SMILES string of the molecule is Cc1ncsc1C(C#N)CO. The van der Waals surface area contributed by atoms with Gasteiger partial charge in [0.15, 0.2) is 0 Å². The Morgan fingerprint density at radius 3 is 3.00 bits per heavy atom. The van der Waals surface area contributed by atoms with Gasteiger partial charge in [-0.1, -0.05) is 0 Å². The maximum absolute atomic E-state index is 8.78. The zero-order valence-electron chi connectivity index (χ0n) is 6.11. The summed E-state index contributed by atoms with van der Waals surface area (Å²) < 4.78 is 0. The Hall–Kier alpha value is -0.920. The minimum Gasteiger partial charge on any atom is -0.395 e. The van der Waals surface area contributed by atoms with Gasteiger partial charge in [0.05, 0.1) is 23.9 Å². The molecule has 0 fully saturated rings. The summed E-state index contributed by atoms with van der Waals surface area (Å²) in [5.74, 6) is -0.400. The number of aliphatic hydroxyl groups excluding tert-OH is 1. The lowest BCUT2D eigenvalue weighted by atomic mass is 10.1. The third-order valence-corrected chi connectivity index (χ3v) is 2.48. The maximum Gasteiger partial charge on any atom is 0.105 e. The van der Waals surface area contributed by atoms with Crippen LogP contribution >= 0.6 is 11.3 Å². The van der Waals surface area contributed by atoms with Gasteiger partial charge in [0.2, 0.25) is 0 Å². The van der Waals surface area contributed by atoms with E-state index in [1.54, 1.807) is 5.51 Å². The molecule has 0 spiro atoms. The highest BCUT2D eigenvalue weighted by atomic mass is 32.1. The highest BCUT2D eigenvalue weighted by Crippen LogP contribution is 2.22. The van der Waals surface area contributed by atoms with Crippen molar-refractivity contribution in [2.24, 2.45) is 0 Å². The average Bonchev–Trinajstić information content (AvgIpc) is 2.40. The molecule has 0 aliphatic rings. The van der Waals surface area contributed by atoms with Crippen LogP contribution in [-0.2, 0) is 0 Å². The van der Waals surface area contributed by atoms with Gasteiger partial charge in [0, 0.05) is 4.88 Å². The molecule has 1 rings (SSSR count). The standard InChI is InChI=1S/C7H8N2OS/c1-5-7(11-4-9-5)6(2-8)3-10/h4,6,10H,3H2,1H3. The number of thiazole rings is 1. The molecule has 1 aromatic rings. The molecule has 0 aromatic carbocycles. The van der Waals surface area contributed by atoms with Crippen molar-refractivity contribution in [3.8, 4) is 6.07 Å². The molecule has 58 valence electrons. The van der Waals surface area contributed by atoms with Gasteiger partial charge >= 0.3 is 0 Å². The first-order valence-electron chi connectivity index (χ1n) is 3.20. The van der Waals surface area contributed by atoms with E-state index in [0.717, 1.165) is 10.6 Å². The van der Waals surface area contributed by atoms with Gasteiger partial charge in [0.25, 0.3) is 0 Å². The van der Waals surface area contributed by atoms with E-state index in [9.17, 15) is 0 Å². The van der Waals surface area contributed by atoms with E-state index in [1.165, 1.54) is 11.3 Å². The summed E-state index contributed by atoms with van der Waals surface area (Å²) in [6, 6.07) is 2.02. The van der Waals surface area contributed by atoms with E-state index in [2.05, 4.69) is 4.98 Å². The molecule has 0 aliphatic carbocycles. The Kier molecular flexibility index (Phi) is 2.58. The summed E-state index contributed by atoms with van der Waals surface area (Å²) in [6.07, 6.45) is 0. The van der Waals surface area contributed by atoms with E-state index in [-0.39, 0.29) is 6.61 Å².